The van der Waals surface area contributed by atoms with Gasteiger partial charge in [-0.2, -0.15) is 0 Å². The Morgan fingerprint density at radius 2 is 1.67 bits per heavy atom. The van der Waals surface area contributed by atoms with Crippen LogP contribution in [0.25, 0.3) is 0 Å². The van der Waals surface area contributed by atoms with E-state index in [1.54, 1.807) is 13.2 Å². The van der Waals surface area contributed by atoms with Gasteiger partial charge < -0.3 is 9.84 Å². The third-order valence-electron chi connectivity index (χ3n) is 3.64. The fraction of sp³-hybridized carbons (Fsp3) is 0.333. The van der Waals surface area contributed by atoms with Crippen LogP contribution in [-0.4, -0.2) is 12.2 Å². The van der Waals surface area contributed by atoms with E-state index in [4.69, 9.17) is 16.3 Å². The number of ether oxygens (including phenoxy) is 1. The SMILES string of the molecule is COc1ccc(Cl)cc1CC(O)c1ccc(C(C)C)cc1. The van der Waals surface area contributed by atoms with E-state index in [0.717, 1.165) is 16.9 Å². The minimum absolute atomic E-state index is 0.477. The highest BCUT2D eigenvalue weighted by atomic mass is 35.5. The molecule has 0 saturated heterocycles. The molecular formula is C18H21ClO2. The van der Waals surface area contributed by atoms with Gasteiger partial charge in [0.15, 0.2) is 0 Å². The van der Waals surface area contributed by atoms with Crippen molar-refractivity contribution in [2.24, 2.45) is 0 Å². The quantitative estimate of drug-likeness (QED) is 0.864. The Bertz CT molecular complexity index is 591. The Hall–Kier alpha value is -1.51. The van der Waals surface area contributed by atoms with Crippen LogP contribution in [0.3, 0.4) is 0 Å². The van der Waals surface area contributed by atoms with Crippen LogP contribution in [0.4, 0.5) is 0 Å². The molecule has 0 fully saturated rings. The van der Waals surface area contributed by atoms with Gasteiger partial charge in [-0.25, -0.2) is 0 Å². The highest BCUT2D eigenvalue weighted by Crippen LogP contribution is 2.28. The summed E-state index contributed by atoms with van der Waals surface area (Å²) in [6.45, 7) is 4.31. The van der Waals surface area contributed by atoms with Crippen molar-refractivity contribution < 1.29 is 9.84 Å². The van der Waals surface area contributed by atoms with Crippen molar-refractivity contribution >= 4 is 11.6 Å². The van der Waals surface area contributed by atoms with Gasteiger partial charge in [0, 0.05) is 11.4 Å². The molecule has 0 heterocycles. The van der Waals surface area contributed by atoms with Crippen molar-refractivity contribution in [3.63, 3.8) is 0 Å². The molecule has 1 atom stereocenters. The number of aliphatic hydroxyl groups is 1. The minimum Gasteiger partial charge on any atom is -0.496 e. The number of rotatable bonds is 5. The number of halogens is 1. The average Bonchev–Trinajstić information content (AvgIpc) is 2.47. The molecule has 1 N–H and O–H groups in total. The standard InChI is InChI=1S/C18H21ClO2/c1-12(2)13-4-6-14(7-5-13)17(20)11-15-10-16(19)8-9-18(15)21-3/h4-10,12,17,20H,11H2,1-3H3. The van der Waals surface area contributed by atoms with Crippen LogP contribution in [0.2, 0.25) is 5.02 Å². The topological polar surface area (TPSA) is 29.5 Å². The number of hydrogen-bond acceptors (Lipinski definition) is 2. The predicted octanol–water partition coefficient (Wildman–Crippen LogP) is 4.75. The van der Waals surface area contributed by atoms with E-state index >= 15 is 0 Å². The molecule has 3 heteroatoms. The Morgan fingerprint density at radius 3 is 2.24 bits per heavy atom. The maximum atomic E-state index is 10.4. The molecule has 2 aromatic rings. The van der Waals surface area contributed by atoms with Crippen LogP contribution < -0.4 is 4.74 Å². The van der Waals surface area contributed by atoms with Gasteiger partial charge in [0.05, 0.1) is 13.2 Å². The lowest BCUT2D eigenvalue weighted by Crippen LogP contribution is -2.04. The molecule has 2 aromatic carbocycles. The number of methoxy groups -OCH3 is 1. The van der Waals surface area contributed by atoms with Crippen LogP contribution in [0.1, 0.15) is 42.6 Å². The molecule has 1 unspecified atom stereocenters. The Kier molecular flexibility index (Phi) is 5.27. The van der Waals surface area contributed by atoms with Crippen LogP contribution >= 0.6 is 11.6 Å². The van der Waals surface area contributed by atoms with E-state index in [1.165, 1.54) is 5.56 Å². The van der Waals surface area contributed by atoms with Gasteiger partial charge in [0.1, 0.15) is 5.75 Å². The second kappa shape index (κ2) is 6.97. The molecule has 0 aliphatic rings. The lowest BCUT2D eigenvalue weighted by atomic mass is 9.97. The summed E-state index contributed by atoms with van der Waals surface area (Å²) in [7, 11) is 1.62. The molecule has 0 radical (unpaired) electrons. The fourth-order valence-electron chi connectivity index (χ4n) is 2.34. The van der Waals surface area contributed by atoms with E-state index in [-0.39, 0.29) is 0 Å². The molecule has 0 aromatic heterocycles. The van der Waals surface area contributed by atoms with Crippen molar-refractivity contribution in [1.82, 2.24) is 0 Å². The van der Waals surface area contributed by atoms with Crippen molar-refractivity contribution in [2.45, 2.75) is 32.3 Å². The molecule has 0 aliphatic carbocycles. The maximum Gasteiger partial charge on any atom is 0.122 e. The zero-order valence-electron chi connectivity index (χ0n) is 12.6. The average molecular weight is 305 g/mol. The van der Waals surface area contributed by atoms with Gasteiger partial charge in [0.2, 0.25) is 0 Å². The number of aliphatic hydroxyl groups excluding tert-OH is 1. The molecule has 0 aliphatic heterocycles. The summed E-state index contributed by atoms with van der Waals surface area (Å²) in [5.41, 5.74) is 3.08. The van der Waals surface area contributed by atoms with Crippen LogP contribution in [0.15, 0.2) is 42.5 Å². The third kappa shape index (κ3) is 3.99. The number of hydrogen-bond donors (Lipinski definition) is 1. The molecule has 0 amide bonds. The van der Waals surface area contributed by atoms with Gasteiger partial charge in [-0.1, -0.05) is 49.7 Å². The molecule has 0 spiro atoms. The third-order valence-corrected chi connectivity index (χ3v) is 3.88. The number of benzene rings is 2. The first-order valence-corrected chi connectivity index (χ1v) is 7.49. The van der Waals surface area contributed by atoms with Crippen molar-refractivity contribution in [2.75, 3.05) is 7.11 Å². The zero-order chi connectivity index (χ0) is 15.4. The summed E-state index contributed by atoms with van der Waals surface area (Å²) in [6.07, 6.45) is -0.0938. The lowest BCUT2D eigenvalue weighted by Gasteiger charge is -2.15. The van der Waals surface area contributed by atoms with Crippen molar-refractivity contribution in [1.29, 1.82) is 0 Å². The maximum absolute atomic E-state index is 10.4. The normalized spacial score (nSPS) is 12.5. The zero-order valence-corrected chi connectivity index (χ0v) is 13.4. The van der Waals surface area contributed by atoms with E-state index in [0.29, 0.717) is 17.4 Å². The van der Waals surface area contributed by atoms with E-state index in [2.05, 4.69) is 26.0 Å². The van der Waals surface area contributed by atoms with Gasteiger partial charge in [-0.15, -0.1) is 0 Å². The first-order chi connectivity index (χ1) is 10.0. The van der Waals surface area contributed by atoms with Gasteiger partial charge in [0.25, 0.3) is 0 Å². The summed E-state index contributed by atoms with van der Waals surface area (Å²) < 4.78 is 5.32. The minimum atomic E-state index is -0.571. The van der Waals surface area contributed by atoms with E-state index in [1.807, 2.05) is 24.3 Å². The Balaban J connectivity index is 2.17. The molecule has 2 rings (SSSR count). The predicted molar refractivity (Wildman–Crippen MR) is 87.2 cm³/mol. The molecule has 21 heavy (non-hydrogen) atoms. The largest absolute Gasteiger partial charge is 0.496 e. The van der Waals surface area contributed by atoms with E-state index in [9.17, 15) is 5.11 Å². The first-order valence-electron chi connectivity index (χ1n) is 7.11. The molecule has 0 bridgehead atoms. The van der Waals surface area contributed by atoms with Gasteiger partial charge >= 0.3 is 0 Å². The van der Waals surface area contributed by atoms with Crippen LogP contribution in [0, 0.1) is 0 Å². The summed E-state index contributed by atoms with van der Waals surface area (Å²) in [4.78, 5) is 0. The Morgan fingerprint density at radius 1 is 1.05 bits per heavy atom. The second-order valence-corrected chi connectivity index (χ2v) is 5.93. The highest BCUT2D eigenvalue weighted by Gasteiger charge is 2.13. The fourth-order valence-corrected chi connectivity index (χ4v) is 2.53. The molecule has 2 nitrogen and oxygen atoms in total. The molecular weight excluding hydrogens is 284 g/mol. The van der Waals surface area contributed by atoms with E-state index < -0.39 is 6.10 Å². The smallest absolute Gasteiger partial charge is 0.122 e. The monoisotopic (exact) mass is 304 g/mol. The van der Waals surface area contributed by atoms with Crippen LogP contribution in [0.5, 0.6) is 5.75 Å². The van der Waals surface area contributed by atoms with Gasteiger partial charge in [-0.3, -0.25) is 0 Å². The first kappa shape index (κ1) is 15.9. The molecule has 112 valence electrons. The molecule has 0 saturated carbocycles. The summed E-state index contributed by atoms with van der Waals surface area (Å²) in [5.74, 6) is 1.24. The summed E-state index contributed by atoms with van der Waals surface area (Å²) >= 11 is 6.02. The summed E-state index contributed by atoms with van der Waals surface area (Å²) in [5, 5.41) is 11.1. The Labute approximate surface area is 131 Å². The van der Waals surface area contributed by atoms with Gasteiger partial charge in [-0.05, 0) is 40.8 Å². The highest BCUT2D eigenvalue weighted by molar-refractivity contribution is 6.30. The van der Waals surface area contributed by atoms with Crippen LogP contribution in [-0.2, 0) is 6.42 Å². The lowest BCUT2D eigenvalue weighted by molar-refractivity contribution is 0.177. The van der Waals surface area contributed by atoms with Crippen molar-refractivity contribution in [3.05, 3.63) is 64.2 Å². The van der Waals surface area contributed by atoms with Crippen molar-refractivity contribution in [3.8, 4) is 5.75 Å². The summed E-state index contributed by atoms with van der Waals surface area (Å²) in [6, 6.07) is 13.6. The second-order valence-electron chi connectivity index (χ2n) is 5.50.